The number of nitrogens with zero attached hydrogens (tertiary/aromatic N) is 1. The van der Waals surface area contributed by atoms with Crippen molar-refractivity contribution in [2.45, 2.75) is 17.9 Å². The van der Waals surface area contributed by atoms with E-state index >= 15 is 0 Å². The molecule has 1 atom stereocenters. The molecule has 156 valence electrons. The summed E-state index contributed by atoms with van der Waals surface area (Å²) in [6.45, 7) is 1.68. The monoisotopic (exact) mass is 448 g/mol. The Morgan fingerprint density at radius 1 is 0.933 bits per heavy atom. The summed E-state index contributed by atoms with van der Waals surface area (Å²) < 4.78 is 74.8. The van der Waals surface area contributed by atoms with Gasteiger partial charge in [0.1, 0.15) is 5.82 Å². The van der Waals surface area contributed by atoms with E-state index in [0.717, 1.165) is 5.56 Å². The number of anilines is 2. The maximum atomic E-state index is 13.9. The van der Waals surface area contributed by atoms with Gasteiger partial charge in [-0.15, -0.1) is 0 Å². The van der Waals surface area contributed by atoms with Gasteiger partial charge in [0.05, 0.1) is 22.3 Å². The minimum atomic E-state index is -4.48. The van der Waals surface area contributed by atoms with E-state index in [1.807, 2.05) is 4.72 Å². The molecule has 0 aliphatic carbocycles. The number of nitrogens with one attached hydrogen (secondary N) is 1. The molecule has 2 N–H and O–H groups in total. The van der Waals surface area contributed by atoms with Crippen molar-refractivity contribution < 1.29 is 25.8 Å². The third-order valence-corrected chi connectivity index (χ3v) is 7.30. The van der Waals surface area contributed by atoms with E-state index in [-0.39, 0.29) is 10.6 Å². The van der Waals surface area contributed by atoms with Crippen molar-refractivity contribution in [2.24, 2.45) is 0 Å². The molecular formula is C20H17FN2O5S2. The van der Waals surface area contributed by atoms with Gasteiger partial charge in [0.25, 0.3) is 10.0 Å². The first kappa shape index (κ1) is 20.3. The molecule has 0 aromatic heterocycles. The number of rotatable bonds is 4. The van der Waals surface area contributed by atoms with Gasteiger partial charge in [-0.2, -0.15) is 8.42 Å². The molecule has 1 aliphatic rings. The largest absolute Gasteiger partial charge is 0.357 e. The van der Waals surface area contributed by atoms with Crippen LogP contribution in [0.2, 0.25) is 0 Å². The zero-order chi connectivity index (χ0) is 21.7. The Kier molecular flexibility index (Phi) is 4.80. The van der Waals surface area contributed by atoms with Gasteiger partial charge in [0.2, 0.25) is 0 Å². The second kappa shape index (κ2) is 7.08. The molecule has 0 bridgehead atoms. The minimum Gasteiger partial charge on any atom is -0.269 e. The van der Waals surface area contributed by atoms with Crippen molar-refractivity contribution in [3.8, 4) is 11.1 Å². The summed E-state index contributed by atoms with van der Waals surface area (Å²) in [6.07, 6.45) is 0. The van der Waals surface area contributed by atoms with Crippen molar-refractivity contribution in [3.05, 3.63) is 78.1 Å². The SMILES string of the molecule is C[C@H]1c2cc(F)ccc2-c2ccccc2N1S(=O)(=O)c1ccc(NS(=O)(=O)O)cc1. The second-order valence-corrected chi connectivity index (χ2v) is 9.80. The van der Waals surface area contributed by atoms with E-state index in [0.29, 0.717) is 16.8 Å². The van der Waals surface area contributed by atoms with Gasteiger partial charge in [-0.1, -0.05) is 24.3 Å². The summed E-state index contributed by atoms with van der Waals surface area (Å²) >= 11 is 0. The summed E-state index contributed by atoms with van der Waals surface area (Å²) in [6, 6.07) is 15.5. The van der Waals surface area contributed by atoms with Crippen LogP contribution >= 0.6 is 0 Å². The molecule has 7 nitrogen and oxygen atoms in total. The smallest absolute Gasteiger partial charge is 0.269 e. The Balaban J connectivity index is 1.83. The van der Waals surface area contributed by atoms with E-state index in [9.17, 15) is 21.2 Å². The Labute approximate surface area is 173 Å². The fraction of sp³-hybridized carbons (Fsp3) is 0.100. The third kappa shape index (κ3) is 3.53. The second-order valence-electron chi connectivity index (χ2n) is 6.83. The van der Waals surface area contributed by atoms with Gasteiger partial charge in [-0.25, -0.2) is 12.8 Å². The summed E-state index contributed by atoms with van der Waals surface area (Å²) in [5.41, 5.74) is 2.44. The van der Waals surface area contributed by atoms with E-state index in [2.05, 4.69) is 0 Å². The van der Waals surface area contributed by atoms with Gasteiger partial charge in [0.15, 0.2) is 0 Å². The fourth-order valence-electron chi connectivity index (χ4n) is 3.65. The number of fused-ring (bicyclic) bond motifs is 3. The van der Waals surface area contributed by atoms with Gasteiger partial charge in [-0.3, -0.25) is 13.6 Å². The molecule has 0 saturated carbocycles. The number of sulfonamides is 1. The molecule has 30 heavy (non-hydrogen) atoms. The number of benzene rings is 3. The lowest BCUT2D eigenvalue weighted by molar-refractivity contribution is 0.489. The Morgan fingerprint density at radius 2 is 1.60 bits per heavy atom. The quantitative estimate of drug-likeness (QED) is 0.588. The van der Waals surface area contributed by atoms with Crippen LogP contribution in [0.5, 0.6) is 0 Å². The van der Waals surface area contributed by atoms with Crippen molar-refractivity contribution in [3.63, 3.8) is 0 Å². The average Bonchev–Trinajstić information content (AvgIpc) is 2.67. The summed E-state index contributed by atoms with van der Waals surface area (Å²) in [7, 11) is -8.55. The van der Waals surface area contributed by atoms with Crippen molar-refractivity contribution >= 4 is 31.7 Å². The van der Waals surface area contributed by atoms with Crippen LogP contribution in [-0.2, 0) is 20.3 Å². The highest BCUT2D eigenvalue weighted by atomic mass is 32.2. The molecule has 0 amide bonds. The molecule has 1 heterocycles. The summed E-state index contributed by atoms with van der Waals surface area (Å²) in [4.78, 5) is -0.0788. The standard InChI is InChI=1S/C20H17FN2O5S2/c1-13-19-12-14(21)6-11-17(19)18-4-2-3-5-20(18)23(13)29(24,25)16-9-7-15(8-10-16)22-30(26,27)28/h2-13,22H,1H3,(H,26,27,28)/t13-/m0/s1. The molecule has 10 heteroatoms. The highest BCUT2D eigenvalue weighted by Crippen LogP contribution is 2.47. The Bertz CT molecular complexity index is 1340. The molecule has 0 unspecified atom stereocenters. The van der Waals surface area contributed by atoms with Crippen molar-refractivity contribution in [2.75, 3.05) is 9.03 Å². The topological polar surface area (TPSA) is 104 Å². The predicted molar refractivity (Wildman–Crippen MR) is 112 cm³/mol. The normalized spacial score (nSPS) is 16.0. The molecule has 0 radical (unpaired) electrons. The molecule has 3 aromatic carbocycles. The highest BCUT2D eigenvalue weighted by Gasteiger charge is 2.36. The van der Waals surface area contributed by atoms with Crippen LogP contribution in [0.3, 0.4) is 0 Å². The van der Waals surface area contributed by atoms with E-state index in [4.69, 9.17) is 4.55 Å². The maximum Gasteiger partial charge on any atom is 0.357 e. The van der Waals surface area contributed by atoms with E-state index < -0.39 is 32.2 Å². The lowest BCUT2D eigenvalue weighted by Gasteiger charge is -2.37. The zero-order valence-electron chi connectivity index (χ0n) is 15.7. The van der Waals surface area contributed by atoms with Crippen LogP contribution in [-0.4, -0.2) is 21.4 Å². The molecule has 3 aromatic rings. The van der Waals surface area contributed by atoms with Crippen LogP contribution in [0.15, 0.2) is 71.6 Å². The van der Waals surface area contributed by atoms with E-state index in [1.54, 1.807) is 37.3 Å². The van der Waals surface area contributed by atoms with Gasteiger partial charge < -0.3 is 0 Å². The Hall–Kier alpha value is -2.95. The number of hydrogen-bond acceptors (Lipinski definition) is 4. The first-order valence-electron chi connectivity index (χ1n) is 8.86. The van der Waals surface area contributed by atoms with E-state index in [1.165, 1.54) is 40.7 Å². The minimum absolute atomic E-state index is 0.0101. The molecule has 4 rings (SSSR count). The van der Waals surface area contributed by atoms with Crippen molar-refractivity contribution in [1.82, 2.24) is 0 Å². The number of hydrogen-bond donors (Lipinski definition) is 2. The highest BCUT2D eigenvalue weighted by molar-refractivity contribution is 7.92. The van der Waals surface area contributed by atoms with Crippen LogP contribution in [0.1, 0.15) is 18.5 Å². The average molecular weight is 448 g/mol. The molecule has 0 fully saturated rings. The predicted octanol–water partition coefficient (Wildman–Crippen LogP) is 3.98. The van der Waals surface area contributed by atoms with Crippen LogP contribution < -0.4 is 9.03 Å². The van der Waals surface area contributed by atoms with Gasteiger partial charge in [-0.05, 0) is 60.5 Å². The lowest BCUT2D eigenvalue weighted by atomic mass is 9.90. The van der Waals surface area contributed by atoms with Crippen LogP contribution in [0, 0.1) is 5.82 Å². The first-order valence-corrected chi connectivity index (χ1v) is 11.7. The number of halogens is 1. The first-order chi connectivity index (χ1) is 14.1. The molecule has 0 spiro atoms. The summed E-state index contributed by atoms with van der Waals surface area (Å²) in [5, 5.41) is 0. The molecular weight excluding hydrogens is 431 g/mol. The zero-order valence-corrected chi connectivity index (χ0v) is 17.3. The lowest BCUT2D eigenvalue weighted by Crippen LogP contribution is -2.36. The van der Waals surface area contributed by atoms with Crippen LogP contribution in [0.4, 0.5) is 15.8 Å². The third-order valence-electron chi connectivity index (χ3n) is 4.91. The summed E-state index contributed by atoms with van der Waals surface area (Å²) in [5.74, 6) is -0.460. The van der Waals surface area contributed by atoms with Crippen LogP contribution in [0.25, 0.3) is 11.1 Å². The molecule has 0 saturated heterocycles. The van der Waals surface area contributed by atoms with Gasteiger partial charge >= 0.3 is 10.3 Å². The Morgan fingerprint density at radius 3 is 2.27 bits per heavy atom. The van der Waals surface area contributed by atoms with Gasteiger partial charge in [0, 0.05) is 5.56 Å². The fourth-order valence-corrected chi connectivity index (χ4v) is 5.74. The number of para-hydroxylation sites is 1. The molecule has 1 aliphatic heterocycles. The maximum absolute atomic E-state index is 13.9. The van der Waals surface area contributed by atoms with Crippen molar-refractivity contribution in [1.29, 1.82) is 0 Å².